The highest BCUT2D eigenvalue weighted by molar-refractivity contribution is 5.97. The highest BCUT2D eigenvalue weighted by Gasteiger charge is 2.03. The quantitative estimate of drug-likeness (QED) is 0.538. The number of fused-ring (bicyclic) bond motifs is 1. The van der Waals surface area contributed by atoms with Crippen molar-refractivity contribution < 1.29 is 0 Å². The normalized spacial score (nSPS) is 10.9. The number of rotatable bonds is 6. The summed E-state index contributed by atoms with van der Waals surface area (Å²) in [6, 6.07) is 7.89. The first kappa shape index (κ1) is 13.4. The van der Waals surface area contributed by atoms with Crippen LogP contribution in [0.3, 0.4) is 0 Å². The molecule has 0 aliphatic carbocycles. The molecule has 0 unspecified atom stereocenters. The lowest BCUT2D eigenvalue weighted by atomic mass is 10.1. The van der Waals surface area contributed by atoms with Gasteiger partial charge in [0.2, 0.25) is 0 Å². The highest BCUT2D eigenvalue weighted by Crippen LogP contribution is 2.25. The number of unbranched alkanes of at least 4 members (excludes halogenated alkanes) is 1. The molecule has 2 aromatic heterocycles. The summed E-state index contributed by atoms with van der Waals surface area (Å²) in [5.74, 6) is 0. The van der Waals surface area contributed by atoms with Crippen molar-refractivity contribution in [2.45, 2.75) is 19.4 Å². The summed E-state index contributed by atoms with van der Waals surface area (Å²) in [4.78, 5) is 8.38. The maximum Gasteiger partial charge on any atom is 0.0951 e. The van der Waals surface area contributed by atoms with Crippen molar-refractivity contribution >= 4 is 22.3 Å². The van der Waals surface area contributed by atoms with E-state index in [1.165, 1.54) is 0 Å². The smallest absolute Gasteiger partial charge is 0.0951 e. The Hall–Kier alpha value is -2.56. The molecule has 3 N–H and O–H groups in total. The van der Waals surface area contributed by atoms with Crippen molar-refractivity contribution in [1.82, 2.24) is 14.5 Å². The van der Waals surface area contributed by atoms with Crippen LogP contribution in [0.4, 0.5) is 11.4 Å². The number of nitrogens with one attached hydrogen (secondary N) is 1. The Kier molecular flexibility index (Phi) is 4.00. The number of anilines is 2. The highest BCUT2D eigenvalue weighted by atomic mass is 15.0. The molecule has 0 saturated carbocycles. The second kappa shape index (κ2) is 6.26. The second-order valence-corrected chi connectivity index (χ2v) is 5.04. The van der Waals surface area contributed by atoms with E-state index in [2.05, 4.69) is 19.9 Å². The van der Waals surface area contributed by atoms with Crippen LogP contribution in [-0.4, -0.2) is 21.1 Å². The van der Waals surface area contributed by atoms with E-state index in [0.717, 1.165) is 48.2 Å². The van der Waals surface area contributed by atoms with Crippen LogP contribution in [0.2, 0.25) is 0 Å². The van der Waals surface area contributed by atoms with E-state index in [-0.39, 0.29) is 0 Å². The Balaban J connectivity index is 1.57. The van der Waals surface area contributed by atoms with E-state index in [1.807, 2.05) is 43.0 Å². The van der Waals surface area contributed by atoms with Gasteiger partial charge < -0.3 is 15.6 Å². The van der Waals surface area contributed by atoms with Crippen LogP contribution < -0.4 is 11.1 Å². The molecule has 0 aliphatic rings. The Bertz CT molecular complexity index is 706. The van der Waals surface area contributed by atoms with E-state index >= 15 is 0 Å². The van der Waals surface area contributed by atoms with Gasteiger partial charge in [0.25, 0.3) is 0 Å². The predicted molar refractivity (Wildman–Crippen MR) is 86.1 cm³/mol. The molecular formula is C16H19N5. The van der Waals surface area contributed by atoms with Gasteiger partial charge in [0, 0.05) is 42.8 Å². The number of imidazole rings is 1. The molecule has 0 saturated heterocycles. The molecule has 0 bridgehead atoms. The second-order valence-electron chi connectivity index (χ2n) is 5.04. The molecule has 5 nitrogen and oxygen atoms in total. The number of aryl methyl sites for hydroxylation is 1. The van der Waals surface area contributed by atoms with E-state index in [0.29, 0.717) is 0 Å². The standard InChI is InChI=1S/C16H19N5/c17-14-5-3-4-13-15(6-8-20-16(13)14)19-7-1-2-10-21-11-9-18-12-21/h3-6,8-9,11-12H,1-2,7,10,17H2,(H,19,20). The number of benzene rings is 1. The van der Waals surface area contributed by atoms with Crippen LogP contribution in [0.25, 0.3) is 10.9 Å². The molecule has 0 spiro atoms. The average molecular weight is 281 g/mol. The summed E-state index contributed by atoms with van der Waals surface area (Å²) in [6.45, 7) is 1.94. The third kappa shape index (κ3) is 3.13. The maximum atomic E-state index is 5.96. The van der Waals surface area contributed by atoms with Gasteiger partial charge in [-0.3, -0.25) is 4.98 Å². The van der Waals surface area contributed by atoms with Crippen LogP contribution in [0.5, 0.6) is 0 Å². The summed E-state index contributed by atoms with van der Waals surface area (Å²) >= 11 is 0. The Morgan fingerprint density at radius 2 is 2.10 bits per heavy atom. The number of hydrogen-bond donors (Lipinski definition) is 2. The summed E-state index contributed by atoms with van der Waals surface area (Å²) in [5.41, 5.74) is 8.63. The molecule has 0 amide bonds. The minimum atomic E-state index is 0.719. The molecule has 1 aromatic carbocycles. The van der Waals surface area contributed by atoms with Gasteiger partial charge in [0.15, 0.2) is 0 Å². The number of para-hydroxylation sites is 1. The zero-order valence-corrected chi connectivity index (χ0v) is 11.9. The van der Waals surface area contributed by atoms with E-state index in [9.17, 15) is 0 Å². The molecule has 0 radical (unpaired) electrons. The SMILES string of the molecule is Nc1cccc2c(NCCCCn3ccnc3)ccnc12. The third-order valence-electron chi connectivity index (χ3n) is 3.52. The molecule has 2 heterocycles. The fraction of sp³-hybridized carbons (Fsp3) is 0.250. The number of nitrogen functional groups attached to an aromatic ring is 1. The minimum absolute atomic E-state index is 0.719. The van der Waals surface area contributed by atoms with Gasteiger partial charge in [-0.1, -0.05) is 12.1 Å². The van der Waals surface area contributed by atoms with Crippen LogP contribution in [0.1, 0.15) is 12.8 Å². The summed E-state index contributed by atoms with van der Waals surface area (Å²) < 4.78 is 2.10. The van der Waals surface area contributed by atoms with Crippen molar-refractivity contribution in [2.24, 2.45) is 0 Å². The predicted octanol–water partition coefficient (Wildman–Crippen LogP) is 2.91. The fourth-order valence-electron chi connectivity index (χ4n) is 2.41. The van der Waals surface area contributed by atoms with E-state index in [1.54, 1.807) is 6.20 Å². The molecule has 0 aliphatic heterocycles. The topological polar surface area (TPSA) is 68.8 Å². The zero-order valence-electron chi connectivity index (χ0n) is 11.9. The van der Waals surface area contributed by atoms with Crippen molar-refractivity contribution in [1.29, 1.82) is 0 Å². The first-order chi connectivity index (χ1) is 10.3. The fourth-order valence-corrected chi connectivity index (χ4v) is 2.41. The molecule has 3 rings (SSSR count). The Morgan fingerprint density at radius 3 is 2.95 bits per heavy atom. The van der Waals surface area contributed by atoms with Crippen LogP contribution in [-0.2, 0) is 6.54 Å². The molecular weight excluding hydrogens is 262 g/mol. The molecule has 108 valence electrons. The van der Waals surface area contributed by atoms with Gasteiger partial charge in [-0.25, -0.2) is 4.98 Å². The summed E-state index contributed by atoms with van der Waals surface area (Å²) in [6.07, 6.45) is 9.68. The Morgan fingerprint density at radius 1 is 1.14 bits per heavy atom. The van der Waals surface area contributed by atoms with Crippen molar-refractivity contribution in [3.63, 3.8) is 0 Å². The van der Waals surface area contributed by atoms with Crippen LogP contribution in [0, 0.1) is 0 Å². The molecule has 3 aromatic rings. The largest absolute Gasteiger partial charge is 0.397 e. The van der Waals surface area contributed by atoms with Crippen LogP contribution >= 0.6 is 0 Å². The van der Waals surface area contributed by atoms with E-state index < -0.39 is 0 Å². The third-order valence-corrected chi connectivity index (χ3v) is 3.52. The Labute approximate surface area is 123 Å². The van der Waals surface area contributed by atoms with Crippen molar-refractivity contribution in [2.75, 3.05) is 17.6 Å². The lowest BCUT2D eigenvalue weighted by Crippen LogP contribution is -2.04. The first-order valence-corrected chi connectivity index (χ1v) is 7.17. The van der Waals surface area contributed by atoms with Crippen molar-refractivity contribution in [3.05, 3.63) is 49.2 Å². The van der Waals surface area contributed by atoms with Gasteiger partial charge >= 0.3 is 0 Å². The van der Waals surface area contributed by atoms with Gasteiger partial charge in [-0.2, -0.15) is 0 Å². The average Bonchev–Trinajstić information content (AvgIpc) is 3.01. The number of nitrogens with zero attached hydrogens (tertiary/aromatic N) is 3. The number of hydrogen-bond acceptors (Lipinski definition) is 4. The summed E-state index contributed by atoms with van der Waals surface area (Å²) in [7, 11) is 0. The van der Waals surface area contributed by atoms with Gasteiger partial charge in [-0.05, 0) is 25.0 Å². The van der Waals surface area contributed by atoms with Crippen molar-refractivity contribution in [3.8, 4) is 0 Å². The molecule has 5 heteroatoms. The monoisotopic (exact) mass is 281 g/mol. The maximum absolute atomic E-state index is 5.96. The molecule has 21 heavy (non-hydrogen) atoms. The lowest BCUT2D eigenvalue weighted by Gasteiger charge is -2.10. The number of nitrogens with two attached hydrogens (primary N) is 1. The van der Waals surface area contributed by atoms with Gasteiger partial charge in [-0.15, -0.1) is 0 Å². The first-order valence-electron chi connectivity index (χ1n) is 7.17. The molecule has 0 atom stereocenters. The van der Waals surface area contributed by atoms with Gasteiger partial charge in [0.05, 0.1) is 17.5 Å². The van der Waals surface area contributed by atoms with E-state index in [4.69, 9.17) is 5.73 Å². The lowest BCUT2D eigenvalue weighted by molar-refractivity contribution is 0.621. The minimum Gasteiger partial charge on any atom is -0.397 e. The number of aromatic nitrogens is 3. The summed E-state index contributed by atoms with van der Waals surface area (Å²) in [5, 5.41) is 4.55. The zero-order chi connectivity index (χ0) is 14.5. The number of pyridine rings is 1. The molecule has 0 fully saturated rings. The van der Waals surface area contributed by atoms with Gasteiger partial charge in [0.1, 0.15) is 0 Å². The van der Waals surface area contributed by atoms with Crippen LogP contribution in [0.15, 0.2) is 49.2 Å².